The molecule has 3 nitrogen and oxygen atoms in total. The van der Waals surface area contributed by atoms with E-state index in [1.54, 1.807) is 0 Å². The number of hydrogen-bond donors (Lipinski definition) is 0. The smallest absolute Gasteiger partial charge is 0.261 e. The summed E-state index contributed by atoms with van der Waals surface area (Å²) in [5.74, 6) is 0.798. The van der Waals surface area contributed by atoms with Gasteiger partial charge in [0.2, 0.25) is 0 Å². The van der Waals surface area contributed by atoms with Crippen molar-refractivity contribution < 1.29 is 13.8 Å². The minimum Gasteiger partial charge on any atom is -0.483 e. The molecule has 0 radical (unpaired) electrons. The fraction of sp³-hybridized carbons (Fsp3) is 0.222. The van der Waals surface area contributed by atoms with Crippen molar-refractivity contribution in [2.24, 2.45) is 0 Å². The summed E-state index contributed by atoms with van der Waals surface area (Å²) >= 11 is 0. The van der Waals surface area contributed by atoms with Gasteiger partial charge >= 0.3 is 0 Å². The van der Waals surface area contributed by atoms with Crippen molar-refractivity contribution in [3.8, 4) is 5.75 Å². The van der Waals surface area contributed by atoms with E-state index in [0.717, 1.165) is 11.3 Å². The van der Waals surface area contributed by atoms with Gasteiger partial charge in [-0.25, -0.2) is 0 Å². The first-order valence-corrected chi connectivity index (χ1v) is 8.81. The van der Waals surface area contributed by atoms with Gasteiger partial charge in [-0.15, -0.1) is 0 Å². The molecule has 1 aliphatic rings. The maximum absolute atomic E-state index is 13.3. The van der Waals surface area contributed by atoms with Crippen molar-refractivity contribution in [1.82, 2.24) is 0 Å². The third-order valence-corrected chi connectivity index (χ3v) is 6.17. The highest BCUT2D eigenvalue weighted by Gasteiger charge is 2.29. The van der Waals surface area contributed by atoms with Gasteiger partial charge in [-0.05, 0) is 50.3 Å². The zero-order valence-electron chi connectivity index (χ0n) is 12.9. The molecule has 22 heavy (non-hydrogen) atoms. The van der Waals surface area contributed by atoms with Crippen LogP contribution < -0.4 is 15.3 Å². The van der Waals surface area contributed by atoms with Gasteiger partial charge in [0.25, 0.3) is 7.37 Å². The van der Waals surface area contributed by atoms with E-state index in [4.69, 9.17) is 9.26 Å². The molecule has 1 atom stereocenters. The molecule has 2 aromatic carbocycles. The van der Waals surface area contributed by atoms with Crippen LogP contribution in [0, 0.1) is 0 Å². The lowest BCUT2D eigenvalue weighted by Gasteiger charge is -2.28. The molecule has 4 heteroatoms. The molecule has 0 saturated carbocycles. The molecule has 2 aromatic rings. The summed E-state index contributed by atoms with van der Waals surface area (Å²) in [6.45, 7) is 4.01. The lowest BCUT2D eigenvalue weighted by Crippen LogP contribution is -2.28. The Morgan fingerprint density at radius 2 is 1.77 bits per heavy atom. The predicted octanol–water partition coefficient (Wildman–Crippen LogP) is 3.75. The van der Waals surface area contributed by atoms with Gasteiger partial charge in [-0.3, -0.25) is 4.57 Å². The van der Waals surface area contributed by atoms with E-state index >= 15 is 0 Å². The first-order chi connectivity index (χ1) is 10.4. The number of rotatable bonds is 3. The summed E-state index contributed by atoms with van der Waals surface area (Å²) in [5, 5.41) is 1.37. The van der Waals surface area contributed by atoms with Crippen LogP contribution in [0.3, 0.4) is 0 Å². The Bertz CT molecular complexity index is 763. The van der Waals surface area contributed by atoms with E-state index < -0.39 is 7.37 Å². The molecule has 0 aromatic heterocycles. The van der Waals surface area contributed by atoms with Crippen LogP contribution in [0.4, 0.5) is 0 Å². The zero-order chi connectivity index (χ0) is 15.8. The first-order valence-electron chi connectivity index (χ1n) is 7.19. The van der Waals surface area contributed by atoms with Gasteiger partial charge in [0.05, 0.1) is 0 Å². The molecule has 114 valence electrons. The molecule has 0 unspecified atom stereocenters. The van der Waals surface area contributed by atoms with Gasteiger partial charge in [-0.1, -0.05) is 24.3 Å². The van der Waals surface area contributed by atoms with Crippen LogP contribution in [0.25, 0.3) is 6.08 Å². The summed E-state index contributed by atoms with van der Waals surface area (Å²) in [6.07, 6.45) is 4.01. The topological polar surface area (TPSA) is 35.5 Å². The lowest BCUT2D eigenvalue weighted by atomic mass is 10.0. The highest BCUT2D eigenvalue weighted by molar-refractivity contribution is 7.74. The second-order valence-corrected chi connectivity index (χ2v) is 8.33. The fourth-order valence-electron chi connectivity index (χ4n) is 2.53. The van der Waals surface area contributed by atoms with Crippen molar-refractivity contribution in [2.45, 2.75) is 19.4 Å². The van der Waals surface area contributed by atoms with Gasteiger partial charge in [0, 0.05) is 23.3 Å². The Kier molecular flexibility index (Phi) is 3.72. The largest absolute Gasteiger partial charge is 0.483 e. The van der Waals surface area contributed by atoms with Crippen LogP contribution in [0.15, 0.2) is 54.6 Å². The Balaban J connectivity index is 2.07. The molecule has 0 aliphatic carbocycles. The standard InChI is InChI=1S/C18H19O3P/c1-18(2)12-11-14-13-16(9-10-17(14)21-18)22(19,20-3)15-7-5-4-6-8-15/h4-13H,1-3H3/t22-/m0/s1. The molecule has 0 amide bonds. The quantitative estimate of drug-likeness (QED) is 0.810. The number of ether oxygens (including phenoxy) is 1. The Morgan fingerprint density at radius 3 is 2.45 bits per heavy atom. The molecule has 3 rings (SSSR count). The first kappa shape index (κ1) is 15.1. The minimum atomic E-state index is -3.07. The molecule has 0 N–H and O–H groups in total. The normalized spacial score (nSPS) is 18.1. The van der Waals surface area contributed by atoms with Gasteiger partial charge in [0.15, 0.2) is 0 Å². The van der Waals surface area contributed by atoms with Crippen molar-refractivity contribution in [3.63, 3.8) is 0 Å². The fourth-order valence-corrected chi connectivity index (χ4v) is 4.40. The maximum Gasteiger partial charge on any atom is 0.261 e. The Morgan fingerprint density at radius 1 is 1.05 bits per heavy atom. The minimum absolute atomic E-state index is 0.321. The van der Waals surface area contributed by atoms with E-state index in [0.29, 0.717) is 10.6 Å². The zero-order valence-corrected chi connectivity index (χ0v) is 13.8. The monoisotopic (exact) mass is 314 g/mol. The van der Waals surface area contributed by atoms with Crippen LogP contribution in [0.5, 0.6) is 5.75 Å². The second kappa shape index (κ2) is 5.42. The molecule has 0 saturated heterocycles. The van der Waals surface area contributed by atoms with Crippen LogP contribution in [0.2, 0.25) is 0 Å². The van der Waals surface area contributed by atoms with E-state index in [9.17, 15) is 4.57 Å². The molecular formula is C18H19O3P. The van der Waals surface area contributed by atoms with E-state index in [1.807, 2.05) is 74.5 Å². The number of fused-ring (bicyclic) bond motifs is 1. The van der Waals surface area contributed by atoms with E-state index in [2.05, 4.69) is 0 Å². The molecule has 0 fully saturated rings. The summed E-state index contributed by atoms with van der Waals surface area (Å²) in [7, 11) is -1.58. The van der Waals surface area contributed by atoms with E-state index in [1.165, 1.54) is 7.11 Å². The summed E-state index contributed by atoms with van der Waals surface area (Å²) in [4.78, 5) is 0. The average molecular weight is 314 g/mol. The lowest BCUT2D eigenvalue weighted by molar-refractivity contribution is 0.159. The summed E-state index contributed by atoms with van der Waals surface area (Å²) in [6, 6.07) is 14.9. The molecule has 1 heterocycles. The summed E-state index contributed by atoms with van der Waals surface area (Å²) < 4.78 is 24.7. The van der Waals surface area contributed by atoms with Crippen molar-refractivity contribution in [2.75, 3.05) is 7.11 Å². The van der Waals surface area contributed by atoms with Gasteiger partial charge in [0.1, 0.15) is 11.4 Å². The molecular weight excluding hydrogens is 295 g/mol. The molecule has 1 aliphatic heterocycles. The van der Waals surface area contributed by atoms with Crippen molar-refractivity contribution >= 4 is 24.1 Å². The van der Waals surface area contributed by atoms with Crippen LogP contribution in [0.1, 0.15) is 19.4 Å². The number of benzene rings is 2. The molecule has 0 spiro atoms. The van der Waals surface area contributed by atoms with E-state index in [-0.39, 0.29) is 5.60 Å². The molecule has 0 bridgehead atoms. The second-order valence-electron chi connectivity index (χ2n) is 5.83. The van der Waals surface area contributed by atoms with Gasteiger partial charge < -0.3 is 9.26 Å². The highest BCUT2D eigenvalue weighted by atomic mass is 31.2. The predicted molar refractivity (Wildman–Crippen MR) is 90.5 cm³/mol. The highest BCUT2D eigenvalue weighted by Crippen LogP contribution is 2.45. The maximum atomic E-state index is 13.3. The average Bonchev–Trinajstić information content (AvgIpc) is 2.53. The van der Waals surface area contributed by atoms with Crippen LogP contribution in [-0.4, -0.2) is 12.7 Å². The van der Waals surface area contributed by atoms with Crippen LogP contribution in [-0.2, 0) is 9.09 Å². The third kappa shape index (κ3) is 2.63. The van der Waals surface area contributed by atoms with Gasteiger partial charge in [-0.2, -0.15) is 0 Å². The third-order valence-electron chi connectivity index (χ3n) is 3.72. The Hall–Kier alpha value is -1.83. The summed E-state index contributed by atoms with van der Waals surface area (Å²) in [5.41, 5.74) is 0.601. The van der Waals surface area contributed by atoms with Crippen molar-refractivity contribution in [3.05, 3.63) is 60.2 Å². The SMILES string of the molecule is CO[P@@](=O)(c1ccccc1)c1ccc2c(c1)C=CC(C)(C)O2. The Labute approximate surface area is 131 Å². The van der Waals surface area contributed by atoms with Crippen LogP contribution >= 0.6 is 7.37 Å². The van der Waals surface area contributed by atoms with Crippen molar-refractivity contribution in [1.29, 1.82) is 0 Å². The number of hydrogen-bond acceptors (Lipinski definition) is 3.